The number of rotatable bonds is 3. The number of hydrogen-bond donors (Lipinski definition) is 2. The third kappa shape index (κ3) is 3.35. The molecule has 2 N–H and O–H groups in total. The van der Waals surface area contributed by atoms with Crippen LogP contribution in [0.5, 0.6) is 0 Å². The first-order valence-electron chi connectivity index (χ1n) is 4.01. The van der Waals surface area contributed by atoms with Crippen molar-refractivity contribution in [2.75, 3.05) is 0 Å². The van der Waals surface area contributed by atoms with Crippen molar-refractivity contribution in [1.82, 2.24) is 0 Å². The molecular weight excluding hydrogens is 140 g/mol. The van der Waals surface area contributed by atoms with Crippen LogP contribution in [0.4, 0.5) is 0 Å². The molecule has 0 heterocycles. The maximum Gasteiger partial charge on any atom is 0.151 e. The molecule has 0 saturated heterocycles. The summed E-state index contributed by atoms with van der Waals surface area (Å²) in [5, 5.41) is 17.2. The lowest BCUT2D eigenvalue weighted by atomic mass is 10.0. The van der Waals surface area contributed by atoms with E-state index in [1.165, 1.54) is 5.57 Å². The summed E-state index contributed by atoms with van der Waals surface area (Å²) >= 11 is 0. The second-order valence-electron chi connectivity index (χ2n) is 2.78. The average Bonchev–Trinajstić information content (AvgIpc) is 2.03. The van der Waals surface area contributed by atoms with Gasteiger partial charge in [-0.2, -0.15) is 0 Å². The zero-order valence-corrected chi connectivity index (χ0v) is 6.53. The lowest BCUT2D eigenvalue weighted by Gasteiger charge is -2.07. The van der Waals surface area contributed by atoms with Gasteiger partial charge in [-0.3, -0.25) is 0 Å². The Hall–Kier alpha value is -0.600. The highest BCUT2D eigenvalue weighted by atomic mass is 16.5. The topological polar surface area (TPSA) is 40.5 Å². The summed E-state index contributed by atoms with van der Waals surface area (Å²) in [5.74, 6) is 0. The standard InChI is InChI=1S/C9H14O2/c10-9(11)7-6-8-4-2-1-3-5-8/h2,4-5,9-11H,1,3,6-7H2. The molecule has 0 fully saturated rings. The molecule has 1 aliphatic rings. The first kappa shape index (κ1) is 8.50. The minimum absolute atomic E-state index is 0.441. The number of aliphatic hydroxyl groups excluding tert-OH is 1. The van der Waals surface area contributed by atoms with Crippen molar-refractivity contribution in [2.24, 2.45) is 0 Å². The number of aliphatic hydroxyl groups is 2. The van der Waals surface area contributed by atoms with Crippen LogP contribution in [0.3, 0.4) is 0 Å². The molecule has 0 saturated carbocycles. The highest BCUT2D eigenvalue weighted by Crippen LogP contribution is 2.14. The molecule has 0 radical (unpaired) electrons. The van der Waals surface area contributed by atoms with E-state index in [1.54, 1.807) is 0 Å². The summed E-state index contributed by atoms with van der Waals surface area (Å²) in [5.41, 5.74) is 1.23. The van der Waals surface area contributed by atoms with Gasteiger partial charge >= 0.3 is 0 Å². The Morgan fingerprint density at radius 1 is 1.36 bits per heavy atom. The van der Waals surface area contributed by atoms with Gasteiger partial charge in [0.25, 0.3) is 0 Å². The van der Waals surface area contributed by atoms with Gasteiger partial charge in [0.2, 0.25) is 0 Å². The minimum atomic E-state index is -1.16. The predicted octanol–water partition coefficient (Wildman–Crippen LogP) is 1.35. The highest BCUT2D eigenvalue weighted by Gasteiger charge is 2.00. The molecule has 0 unspecified atom stereocenters. The van der Waals surface area contributed by atoms with E-state index in [1.807, 2.05) is 0 Å². The molecule has 11 heavy (non-hydrogen) atoms. The van der Waals surface area contributed by atoms with Gasteiger partial charge in [0, 0.05) is 6.42 Å². The normalized spacial score (nSPS) is 17.2. The molecular formula is C9H14O2. The van der Waals surface area contributed by atoms with Gasteiger partial charge < -0.3 is 10.2 Å². The van der Waals surface area contributed by atoms with E-state index in [9.17, 15) is 0 Å². The van der Waals surface area contributed by atoms with Crippen molar-refractivity contribution in [2.45, 2.75) is 32.0 Å². The van der Waals surface area contributed by atoms with E-state index in [2.05, 4.69) is 18.2 Å². The van der Waals surface area contributed by atoms with E-state index >= 15 is 0 Å². The molecule has 0 aromatic rings. The van der Waals surface area contributed by atoms with Gasteiger partial charge in [0.1, 0.15) is 0 Å². The van der Waals surface area contributed by atoms with Gasteiger partial charge in [0.15, 0.2) is 6.29 Å². The zero-order chi connectivity index (χ0) is 8.10. The monoisotopic (exact) mass is 154 g/mol. The Balaban J connectivity index is 2.25. The maximum absolute atomic E-state index is 8.59. The van der Waals surface area contributed by atoms with Gasteiger partial charge in [-0.15, -0.1) is 0 Å². The fourth-order valence-electron chi connectivity index (χ4n) is 1.15. The molecule has 0 atom stereocenters. The predicted molar refractivity (Wildman–Crippen MR) is 43.9 cm³/mol. The van der Waals surface area contributed by atoms with Crippen molar-refractivity contribution in [1.29, 1.82) is 0 Å². The maximum atomic E-state index is 8.59. The lowest BCUT2D eigenvalue weighted by Crippen LogP contribution is -2.03. The van der Waals surface area contributed by atoms with Crippen LogP contribution >= 0.6 is 0 Å². The fourth-order valence-corrected chi connectivity index (χ4v) is 1.15. The fraction of sp³-hybridized carbons (Fsp3) is 0.556. The second-order valence-corrected chi connectivity index (χ2v) is 2.78. The summed E-state index contributed by atoms with van der Waals surface area (Å²) in [7, 11) is 0. The summed E-state index contributed by atoms with van der Waals surface area (Å²) in [4.78, 5) is 0. The Kier molecular flexibility index (Phi) is 3.33. The molecule has 0 aromatic heterocycles. The van der Waals surface area contributed by atoms with Crippen molar-refractivity contribution in [3.8, 4) is 0 Å². The first-order chi connectivity index (χ1) is 5.29. The van der Waals surface area contributed by atoms with Gasteiger partial charge in [0.05, 0.1) is 0 Å². The molecule has 0 aromatic carbocycles. The van der Waals surface area contributed by atoms with Crippen LogP contribution in [0, 0.1) is 0 Å². The Labute approximate surface area is 66.9 Å². The summed E-state index contributed by atoms with van der Waals surface area (Å²) in [6.07, 6.45) is 8.60. The van der Waals surface area contributed by atoms with E-state index < -0.39 is 6.29 Å². The van der Waals surface area contributed by atoms with E-state index in [-0.39, 0.29) is 0 Å². The zero-order valence-electron chi connectivity index (χ0n) is 6.53. The molecule has 62 valence electrons. The number of hydrogen-bond acceptors (Lipinski definition) is 2. The largest absolute Gasteiger partial charge is 0.368 e. The summed E-state index contributed by atoms with van der Waals surface area (Å²) < 4.78 is 0. The van der Waals surface area contributed by atoms with Crippen LogP contribution < -0.4 is 0 Å². The Morgan fingerprint density at radius 2 is 2.18 bits per heavy atom. The van der Waals surface area contributed by atoms with Gasteiger partial charge in [-0.05, 0) is 19.3 Å². The SMILES string of the molecule is OC(O)CCC1=CCCC=C1. The molecule has 2 heteroatoms. The average molecular weight is 154 g/mol. The van der Waals surface area contributed by atoms with Crippen molar-refractivity contribution < 1.29 is 10.2 Å². The van der Waals surface area contributed by atoms with E-state index in [4.69, 9.17) is 10.2 Å². The molecule has 1 rings (SSSR count). The van der Waals surface area contributed by atoms with Crippen LogP contribution in [-0.2, 0) is 0 Å². The van der Waals surface area contributed by atoms with Crippen molar-refractivity contribution >= 4 is 0 Å². The molecule has 1 aliphatic carbocycles. The molecule has 0 bridgehead atoms. The van der Waals surface area contributed by atoms with Gasteiger partial charge in [-0.25, -0.2) is 0 Å². The van der Waals surface area contributed by atoms with Crippen LogP contribution in [0.15, 0.2) is 23.8 Å². The summed E-state index contributed by atoms with van der Waals surface area (Å²) in [6.45, 7) is 0. The second kappa shape index (κ2) is 4.31. The molecule has 0 amide bonds. The van der Waals surface area contributed by atoms with E-state index in [0.717, 1.165) is 19.3 Å². The highest BCUT2D eigenvalue weighted by molar-refractivity contribution is 5.21. The molecule has 0 aliphatic heterocycles. The van der Waals surface area contributed by atoms with Crippen LogP contribution in [0.1, 0.15) is 25.7 Å². The van der Waals surface area contributed by atoms with Crippen LogP contribution in [0.2, 0.25) is 0 Å². The van der Waals surface area contributed by atoms with E-state index in [0.29, 0.717) is 6.42 Å². The third-order valence-corrected chi connectivity index (χ3v) is 1.76. The lowest BCUT2D eigenvalue weighted by molar-refractivity contribution is -0.0445. The van der Waals surface area contributed by atoms with Crippen molar-refractivity contribution in [3.05, 3.63) is 23.8 Å². The van der Waals surface area contributed by atoms with Crippen molar-refractivity contribution in [3.63, 3.8) is 0 Å². The number of allylic oxidation sites excluding steroid dienone is 4. The van der Waals surface area contributed by atoms with Crippen LogP contribution in [0.25, 0.3) is 0 Å². The summed E-state index contributed by atoms with van der Waals surface area (Å²) in [6, 6.07) is 0. The first-order valence-corrected chi connectivity index (χ1v) is 4.01. The third-order valence-electron chi connectivity index (χ3n) is 1.76. The Morgan fingerprint density at radius 3 is 2.73 bits per heavy atom. The minimum Gasteiger partial charge on any atom is -0.368 e. The smallest absolute Gasteiger partial charge is 0.151 e. The molecule has 2 nitrogen and oxygen atoms in total. The Bertz CT molecular complexity index is 168. The van der Waals surface area contributed by atoms with Gasteiger partial charge in [-0.1, -0.05) is 23.8 Å². The quantitative estimate of drug-likeness (QED) is 0.602. The van der Waals surface area contributed by atoms with Crippen LogP contribution in [-0.4, -0.2) is 16.5 Å². The molecule has 0 spiro atoms.